The van der Waals surface area contributed by atoms with Gasteiger partial charge in [0.15, 0.2) is 4.34 Å². The van der Waals surface area contributed by atoms with Crippen LogP contribution in [0.3, 0.4) is 0 Å². The van der Waals surface area contributed by atoms with Gasteiger partial charge < -0.3 is 5.32 Å². The van der Waals surface area contributed by atoms with E-state index in [4.69, 9.17) is 0 Å². The molecule has 0 saturated carbocycles. The minimum absolute atomic E-state index is 0.00394. The summed E-state index contributed by atoms with van der Waals surface area (Å²) in [4.78, 5) is 16.4. The Hall–Kier alpha value is -1.57. The first-order valence-electron chi connectivity index (χ1n) is 7.78. The molecule has 0 aliphatic rings. The molecule has 1 aromatic heterocycles. The first-order valence-corrected chi connectivity index (χ1v) is 10.7. The molecule has 0 spiro atoms. The Labute approximate surface area is 158 Å². The number of nitrogens with one attached hydrogen (secondary N) is 1. The second-order valence-electron chi connectivity index (χ2n) is 5.23. The molecule has 3 nitrogen and oxygen atoms in total. The number of rotatable bonds is 8. The van der Waals surface area contributed by atoms with E-state index in [1.165, 1.54) is 17.8 Å². The van der Waals surface area contributed by atoms with Gasteiger partial charge in [-0.3, -0.25) is 4.79 Å². The summed E-state index contributed by atoms with van der Waals surface area (Å²) in [6, 6.07) is 14.7. The first-order chi connectivity index (χ1) is 12.2. The summed E-state index contributed by atoms with van der Waals surface area (Å²) in [6.07, 6.45) is 0. The molecule has 0 unspecified atom stereocenters. The van der Waals surface area contributed by atoms with Crippen LogP contribution in [0.25, 0.3) is 10.2 Å². The zero-order valence-electron chi connectivity index (χ0n) is 13.4. The topological polar surface area (TPSA) is 42.0 Å². The Balaban J connectivity index is 1.33. The molecule has 0 aliphatic heterocycles. The number of thioether (sulfide) groups is 2. The van der Waals surface area contributed by atoms with Crippen molar-refractivity contribution in [2.75, 3.05) is 18.1 Å². The Morgan fingerprint density at radius 3 is 2.80 bits per heavy atom. The number of carbonyl (C=O) groups excluding carboxylic acids is 1. The normalized spacial score (nSPS) is 10.9. The lowest BCUT2D eigenvalue weighted by Crippen LogP contribution is -2.27. The van der Waals surface area contributed by atoms with Crippen LogP contribution < -0.4 is 5.32 Å². The lowest BCUT2D eigenvalue weighted by Gasteiger charge is -2.05. The van der Waals surface area contributed by atoms with Gasteiger partial charge in [0.05, 0.1) is 16.0 Å². The standard InChI is InChI=1S/C18H17FN2OS3/c19-14-6-2-1-5-13(14)11-23-10-9-20-17(22)12-24-18-21-15-7-3-4-8-16(15)25-18/h1-8H,9-12H2,(H,20,22). The number of hydrogen-bond acceptors (Lipinski definition) is 5. The minimum Gasteiger partial charge on any atom is -0.355 e. The van der Waals surface area contributed by atoms with Crippen LogP contribution in [0.4, 0.5) is 4.39 Å². The molecule has 0 aliphatic carbocycles. The Kier molecular flexibility index (Phi) is 6.72. The zero-order chi connectivity index (χ0) is 17.5. The van der Waals surface area contributed by atoms with Gasteiger partial charge in [0.25, 0.3) is 0 Å². The van der Waals surface area contributed by atoms with Crippen LogP contribution in [0, 0.1) is 5.82 Å². The number of amides is 1. The molecule has 0 radical (unpaired) electrons. The number of aromatic nitrogens is 1. The number of hydrogen-bond donors (Lipinski definition) is 1. The van der Waals surface area contributed by atoms with Gasteiger partial charge in [-0.25, -0.2) is 9.37 Å². The molecular weight excluding hydrogens is 375 g/mol. The van der Waals surface area contributed by atoms with Gasteiger partial charge in [-0.2, -0.15) is 11.8 Å². The fraction of sp³-hybridized carbons (Fsp3) is 0.222. The molecule has 0 saturated heterocycles. The smallest absolute Gasteiger partial charge is 0.230 e. The molecule has 1 amide bonds. The number of thiazole rings is 1. The minimum atomic E-state index is -0.175. The third kappa shape index (κ3) is 5.45. The Bertz CT molecular complexity index is 820. The van der Waals surface area contributed by atoms with Gasteiger partial charge in [-0.1, -0.05) is 42.1 Å². The summed E-state index contributed by atoms with van der Waals surface area (Å²) >= 11 is 4.67. The van der Waals surface area contributed by atoms with Crippen LogP contribution >= 0.6 is 34.9 Å². The van der Waals surface area contributed by atoms with Crippen molar-refractivity contribution in [2.24, 2.45) is 0 Å². The van der Waals surface area contributed by atoms with Crippen molar-refractivity contribution in [3.05, 3.63) is 59.9 Å². The van der Waals surface area contributed by atoms with Crippen molar-refractivity contribution in [1.82, 2.24) is 10.3 Å². The molecular formula is C18H17FN2OS3. The van der Waals surface area contributed by atoms with Gasteiger partial charge in [-0.15, -0.1) is 11.3 Å². The lowest BCUT2D eigenvalue weighted by molar-refractivity contribution is -0.118. The molecule has 0 atom stereocenters. The third-order valence-electron chi connectivity index (χ3n) is 3.38. The number of carbonyl (C=O) groups is 1. The van der Waals surface area contributed by atoms with E-state index >= 15 is 0 Å². The summed E-state index contributed by atoms with van der Waals surface area (Å²) in [7, 11) is 0. The maximum atomic E-state index is 13.5. The molecule has 1 heterocycles. The van der Waals surface area contributed by atoms with Crippen molar-refractivity contribution >= 4 is 51.0 Å². The average Bonchev–Trinajstić information content (AvgIpc) is 3.04. The van der Waals surface area contributed by atoms with Gasteiger partial charge in [-0.05, 0) is 23.8 Å². The molecule has 0 bridgehead atoms. The van der Waals surface area contributed by atoms with Gasteiger partial charge in [0.2, 0.25) is 5.91 Å². The van der Waals surface area contributed by atoms with Crippen LogP contribution in [0.1, 0.15) is 5.56 Å². The van der Waals surface area contributed by atoms with E-state index in [9.17, 15) is 9.18 Å². The van der Waals surface area contributed by atoms with Crippen molar-refractivity contribution in [2.45, 2.75) is 10.1 Å². The molecule has 3 aromatic rings. The SMILES string of the molecule is O=C(CSc1nc2ccccc2s1)NCCSCc1ccccc1F. The summed E-state index contributed by atoms with van der Waals surface area (Å²) in [5, 5.41) is 2.89. The summed E-state index contributed by atoms with van der Waals surface area (Å²) in [6.45, 7) is 0.582. The number of para-hydroxylation sites is 1. The second-order valence-corrected chi connectivity index (χ2v) is 8.59. The number of fused-ring (bicyclic) bond motifs is 1. The predicted octanol–water partition coefficient (Wildman–Crippen LogP) is 4.58. The van der Waals surface area contributed by atoms with Crippen molar-refractivity contribution in [1.29, 1.82) is 0 Å². The van der Waals surface area contributed by atoms with Gasteiger partial charge in [0.1, 0.15) is 5.82 Å². The van der Waals surface area contributed by atoms with Crippen molar-refractivity contribution in [3.8, 4) is 0 Å². The quantitative estimate of drug-likeness (QED) is 0.450. The molecule has 130 valence electrons. The number of nitrogens with zero attached hydrogens (tertiary/aromatic N) is 1. The highest BCUT2D eigenvalue weighted by atomic mass is 32.2. The molecule has 7 heteroatoms. The van der Waals surface area contributed by atoms with E-state index in [0.29, 0.717) is 23.6 Å². The monoisotopic (exact) mass is 392 g/mol. The van der Waals surface area contributed by atoms with Crippen LogP contribution in [0.15, 0.2) is 52.9 Å². The highest BCUT2D eigenvalue weighted by Gasteiger charge is 2.07. The Morgan fingerprint density at radius 2 is 1.96 bits per heavy atom. The van der Waals surface area contributed by atoms with Gasteiger partial charge >= 0.3 is 0 Å². The lowest BCUT2D eigenvalue weighted by atomic mass is 10.2. The predicted molar refractivity (Wildman–Crippen MR) is 106 cm³/mol. The summed E-state index contributed by atoms with van der Waals surface area (Å²) in [5.41, 5.74) is 1.67. The first kappa shape index (κ1) is 18.2. The number of benzene rings is 2. The summed E-state index contributed by atoms with van der Waals surface area (Å²) < 4.78 is 15.5. The maximum Gasteiger partial charge on any atom is 0.230 e. The van der Waals surface area contributed by atoms with Crippen LogP contribution in [-0.2, 0) is 10.5 Å². The van der Waals surface area contributed by atoms with Crippen LogP contribution in [-0.4, -0.2) is 28.9 Å². The van der Waals surface area contributed by atoms with E-state index in [0.717, 1.165) is 20.3 Å². The fourth-order valence-corrected chi connectivity index (χ4v) is 4.89. The van der Waals surface area contributed by atoms with E-state index in [2.05, 4.69) is 10.3 Å². The van der Waals surface area contributed by atoms with E-state index < -0.39 is 0 Å². The Morgan fingerprint density at radius 1 is 1.16 bits per heavy atom. The van der Waals surface area contributed by atoms with Crippen LogP contribution in [0.2, 0.25) is 0 Å². The second kappa shape index (κ2) is 9.22. The van der Waals surface area contributed by atoms with Crippen molar-refractivity contribution < 1.29 is 9.18 Å². The maximum absolute atomic E-state index is 13.5. The largest absolute Gasteiger partial charge is 0.355 e. The molecule has 25 heavy (non-hydrogen) atoms. The van der Waals surface area contributed by atoms with Crippen molar-refractivity contribution in [3.63, 3.8) is 0 Å². The average molecular weight is 393 g/mol. The fourth-order valence-electron chi connectivity index (χ4n) is 2.15. The van der Waals surface area contributed by atoms with Crippen LogP contribution in [0.5, 0.6) is 0 Å². The molecule has 3 rings (SSSR count). The number of halogens is 1. The molecule has 2 aromatic carbocycles. The third-order valence-corrected chi connectivity index (χ3v) is 6.57. The summed E-state index contributed by atoms with van der Waals surface area (Å²) in [5.74, 6) is 1.55. The van der Waals surface area contributed by atoms with Gasteiger partial charge in [0, 0.05) is 18.1 Å². The molecule has 0 fully saturated rings. The van der Waals surface area contributed by atoms with E-state index in [-0.39, 0.29) is 11.7 Å². The molecule has 1 N–H and O–H groups in total. The highest BCUT2D eigenvalue weighted by Crippen LogP contribution is 2.29. The van der Waals surface area contributed by atoms with E-state index in [1.807, 2.05) is 30.3 Å². The zero-order valence-corrected chi connectivity index (χ0v) is 15.9. The highest BCUT2D eigenvalue weighted by molar-refractivity contribution is 8.01. The van der Waals surface area contributed by atoms with E-state index in [1.54, 1.807) is 35.2 Å².